The third kappa shape index (κ3) is 2.85. The van der Waals surface area contributed by atoms with Crippen LogP contribution in [0.2, 0.25) is 0 Å². The summed E-state index contributed by atoms with van der Waals surface area (Å²) < 4.78 is 35.6. The molecule has 5 rings (SSSR count). The van der Waals surface area contributed by atoms with Crippen LogP contribution in [0.15, 0.2) is 48.5 Å². The number of fused-ring (bicyclic) bond motifs is 1. The molecule has 1 atom stereocenters. The quantitative estimate of drug-likeness (QED) is 0.671. The van der Waals surface area contributed by atoms with Crippen LogP contribution in [0.1, 0.15) is 40.5 Å². The maximum Gasteiger partial charge on any atom is 0.309 e. The number of rotatable bonds is 4. The molecule has 0 saturated heterocycles. The minimum absolute atomic E-state index is 0.0735. The predicted molar refractivity (Wildman–Crippen MR) is 92.1 cm³/mol. The van der Waals surface area contributed by atoms with Crippen molar-refractivity contribution in [2.45, 2.75) is 18.3 Å². The molecule has 0 heterocycles. The first kappa shape index (κ1) is 16.3. The zero-order chi connectivity index (χ0) is 17.6. The van der Waals surface area contributed by atoms with Crippen LogP contribution in [0, 0.1) is 5.92 Å². The second kappa shape index (κ2) is 5.97. The highest BCUT2D eigenvalue weighted by molar-refractivity contribution is 7.85. The van der Waals surface area contributed by atoms with E-state index < -0.39 is 21.8 Å². The summed E-state index contributed by atoms with van der Waals surface area (Å²) in [6, 6.07) is 16.3. The summed E-state index contributed by atoms with van der Waals surface area (Å²) in [5, 5.41) is 0. The zero-order valence-corrected chi connectivity index (χ0v) is 14.3. The molecular weight excluding hydrogens is 340 g/mol. The van der Waals surface area contributed by atoms with Gasteiger partial charge in [-0.05, 0) is 28.7 Å². The lowest BCUT2D eigenvalue weighted by Gasteiger charge is -2.44. The normalized spacial score (nSPS) is 23.6. The Labute approximate surface area is 146 Å². The van der Waals surface area contributed by atoms with E-state index in [1.54, 1.807) is 0 Å². The number of hydrogen-bond acceptors (Lipinski definition) is 4. The molecule has 0 aliphatic heterocycles. The fourth-order valence-corrected chi connectivity index (χ4v) is 4.52. The average molecular weight is 358 g/mol. The van der Waals surface area contributed by atoms with Crippen LogP contribution in [0.3, 0.4) is 0 Å². The molecule has 0 amide bonds. The fourth-order valence-electron chi connectivity index (χ4n) is 4.22. The van der Waals surface area contributed by atoms with Gasteiger partial charge in [0.05, 0.1) is 5.92 Å². The lowest BCUT2D eigenvalue weighted by Crippen LogP contribution is -2.37. The van der Waals surface area contributed by atoms with E-state index in [9.17, 15) is 13.2 Å². The Morgan fingerprint density at radius 2 is 1.52 bits per heavy atom. The van der Waals surface area contributed by atoms with Gasteiger partial charge in [0, 0.05) is 11.8 Å². The van der Waals surface area contributed by atoms with Crippen molar-refractivity contribution in [1.29, 1.82) is 0 Å². The van der Waals surface area contributed by atoms with Crippen molar-refractivity contribution in [2.75, 3.05) is 12.4 Å². The Hall–Kier alpha value is -2.18. The van der Waals surface area contributed by atoms with Crippen molar-refractivity contribution >= 4 is 16.1 Å². The summed E-state index contributed by atoms with van der Waals surface area (Å²) in [7, 11) is -4.14. The molecule has 6 heteroatoms. The first-order valence-corrected chi connectivity index (χ1v) is 9.86. The molecular formula is C19H18O5S. The lowest BCUT2D eigenvalue weighted by atomic mass is 9.59. The molecule has 0 spiro atoms. The molecule has 5 nitrogen and oxygen atoms in total. The zero-order valence-electron chi connectivity index (χ0n) is 13.5. The van der Waals surface area contributed by atoms with Crippen molar-refractivity contribution in [3.63, 3.8) is 0 Å². The van der Waals surface area contributed by atoms with E-state index in [1.165, 1.54) is 11.1 Å². The van der Waals surface area contributed by atoms with Crippen LogP contribution in [-0.4, -0.2) is 31.3 Å². The summed E-state index contributed by atoms with van der Waals surface area (Å²) in [6.45, 7) is -0.325. The second-order valence-electron chi connectivity index (χ2n) is 6.58. The van der Waals surface area contributed by atoms with Gasteiger partial charge in [0.2, 0.25) is 0 Å². The molecule has 0 radical (unpaired) electrons. The summed E-state index contributed by atoms with van der Waals surface area (Å²) >= 11 is 0. The highest BCUT2D eigenvalue weighted by Gasteiger charge is 2.46. The third-order valence-corrected chi connectivity index (χ3v) is 5.88. The topological polar surface area (TPSA) is 80.7 Å². The summed E-state index contributed by atoms with van der Waals surface area (Å²) in [5.41, 5.74) is 4.81. The van der Waals surface area contributed by atoms with Crippen LogP contribution in [0.25, 0.3) is 0 Å². The van der Waals surface area contributed by atoms with Crippen LogP contribution < -0.4 is 0 Å². The van der Waals surface area contributed by atoms with Gasteiger partial charge in [0.1, 0.15) is 12.4 Å². The van der Waals surface area contributed by atoms with E-state index in [2.05, 4.69) is 24.3 Å². The minimum Gasteiger partial charge on any atom is -0.464 e. The Kier molecular flexibility index (Phi) is 3.89. The highest BCUT2D eigenvalue weighted by Crippen LogP contribution is 2.55. The molecule has 0 fully saturated rings. The largest absolute Gasteiger partial charge is 0.464 e. The highest BCUT2D eigenvalue weighted by atomic mass is 32.2. The number of carbonyl (C=O) groups is 1. The molecule has 0 aromatic heterocycles. The van der Waals surface area contributed by atoms with E-state index in [1.807, 2.05) is 24.3 Å². The van der Waals surface area contributed by atoms with Crippen LogP contribution in [0.4, 0.5) is 0 Å². The van der Waals surface area contributed by atoms with Crippen molar-refractivity contribution in [3.05, 3.63) is 70.8 Å². The minimum atomic E-state index is -4.14. The van der Waals surface area contributed by atoms with Crippen molar-refractivity contribution in [3.8, 4) is 0 Å². The van der Waals surface area contributed by atoms with Crippen molar-refractivity contribution in [2.24, 2.45) is 5.92 Å². The van der Waals surface area contributed by atoms with Gasteiger partial charge >= 0.3 is 5.97 Å². The van der Waals surface area contributed by atoms with Gasteiger partial charge in [-0.3, -0.25) is 9.35 Å². The van der Waals surface area contributed by atoms with Gasteiger partial charge in [0.15, 0.2) is 0 Å². The molecule has 0 saturated carbocycles. The summed E-state index contributed by atoms with van der Waals surface area (Å²) in [4.78, 5) is 12.6. The van der Waals surface area contributed by atoms with Gasteiger partial charge in [0.25, 0.3) is 10.1 Å². The van der Waals surface area contributed by atoms with E-state index >= 15 is 0 Å². The van der Waals surface area contributed by atoms with Crippen molar-refractivity contribution < 1.29 is 22.5 Å². The summed E-state index contributed by atoms with van der Waals surface area (Å²) in [5.74, 6) is -1.24. The fraction of sp³-hybridized carbons (Fsp3) is 0.316. The molecule has 1 N–H and O–H groups in total. The molecule has 2 aromatic carbocycles. The van der Waals surface area contributed by atoms with Gasteiger partial charge in [-0.1, -0.05) is 48.5 Å². The van der Waals surface area contributed by atoms with Crippen LogP contribution in [0.5, 0.6) is 0 Å². The predicted octanol–water partition coefficient (Wildman–Crippen LogP) is 2.71. The van der Waals surface area contributed by atoms with E-state index in [-0.39, 0.29) is 24.4 Å². The first-order valence-electron chi connectivity index (χ1n) is 8.25. The van der Waals surface area contributed by atoms with Gasteiger partial charge in [-0.2, -0.15) is 8.42 Å². The first-order chi connectivity index (χ1) is 12.0. The Morgan fingerprint density at radius 3 is 2.04 bits per heavy atom. The number of benzene rings is 2. The number of ether oxygens (including phenoxy) is 1. The average Bonchev–Trinajstić information content (AvgIpc) is 2.60. The Morgan fingerprint density at radius 1 is 1.00 bits per heavy atom. The molecule has 130 valence electrons. The van der Waals surface area contributed by atoms with Crippen molar-refractivity contribution in [1.82, 2.24) is 0 Å². The maximum atomic E-state index is 12.6. The smallest absolute Gasteiger partial charge is 0.309 e. The lowest BCUT2D eigenvalue weighted by molar-refractivity contribution is -0.149. The standard InChI is InChI=1S/C19H18O5S/c20-19(24-9-10-25(21,22)23)17-11-16-12-5-1-3-7-14(12)18(17)15-8-4-2-6-13(15)16/h1-8,16-18H,9-11H2,(H,21,22,23). The number of hydrogen-bond donors (Lipinski definition) is 1. The second-order valence-corrected chi connectivity index (χ2v) is 8.16. The SMILES string of the molecule is O=C(OCCS(=O)(=O)O)C1CC2c3ccccc3C1c1ccccc12. The molecule has 3 aliphatic carbocycles. The van der Waals surface area contributed by atoms with Gasteiger partial charge in [-0.15, -0.1) is 0 Å². The number of esters is 1. The summed E-state index contributed by atoms with van der Waals surface area (Å²) in [6.07, 6.45) is 0.656. The van der Waals surface area contributed by atoms with Gasteiger partial charge in [-0.25, -0.2) is 0 Å². The molecule has 1 unspecified atom stereocenters. The van der Waals surface area contributed by atoms with Gasteiger partial charge < -0.3 is 4.74 Å². The van der Waals surface area contributed by atoms with Crippen LogP contribution >= 0.6 is 0 Å². The Balaban J connectivity index is 1.65. The number of carbonyl (C=O) groups excluding carboxylic acids is 1. The van der Waals surface area contributed by atoms with E-state index in [4.69, 9.17) is 9.29 Å². The monoisotopic (exact) mass is 358 g/mol. The molecule has 25 heavy (non-hydrogen) atoms. The molecule has 3 aliphatic rings. The van der Waals surface area contributed by atoms with E-state index in [0.717, 1.165) is 11.1 Å². The van der Waals surface area contributed by atoms with E-state index in [0.29, 0.717) is 6.42 Å². The molecule has 2 bridgehead atoms. The maximum absolute atomic E-state index is 12.6. The Bertz CT molecular complexity index is 887. The van der Waals surface area contributed by atoms with Crippen LogP contribution in [-0.2, 0) is 19.6 Å². The third-order valence-electron chi connectivity index (χ3n) is 5.19. The molecule has 2 aromatic rings.